The quantitative estimate of drug-likeness (QED) is 0.0725. The Morgan fingerprint density at radius 1 is 0.365 bits per heavy atom. The third-order valence-corrected chi connectivity index (χ3v) is 5.23. The third-order valence-electron chi connectivity index (χ3n) is 5.23. The Labute approximate surface area is 468 Å². The van der Waals surface area contributed by atoms with Crippen molar-refractivity contribution in [3.05, 3.63) is 122 Å². The zero-order chi connectivity index (χ0) is 55.6. The molecule has 0 fully saturated rings. The summed E-state index contributed by atoms with van der Waals surface area (Å²) in [6.07, 6.45) is 12.1. The normalized spacial score (nSPS) is 8.35. The molecule has 0 saturated carbocycles. The summed E-state index contributed by atoms with van der Waals surface area (Å²) in [6.45, 7) is 5.83. The second-order valence-corrected chi connectivity index (χ2v) is 10.7. The summed E-state index contributed by atoms with van der Waals surface area (Å²) in [4.78, 5) is 85.5. The van der Waals surface area contributed by atoms with Crippen LogP contribution in [-0.4, -0.2) is 126 Å². The molecule has 0 saturated heterocycles. The van der Waals surface area contributed by atoms with Crippen molar-refractivity contribution >= 4 is 80.8 Å². The zero-order valence-corrected chi connectivity index (χ0v) is 44.4. The van der Waals surface area contributed by atoms with Crippen LogP contribution in [0.2, 0.25) is 0 Å². The molecule has 30 heteroatoms. The predicted molar refractivity (Wildman–Crippen MR) is 237 cm³/mol. The number of rotatable bonds is 4. The van der Waals surface area contributed by atoms with E-state index in [9.17, 15) is 10.2 Å². The fraction of sp³-hybridized carbons (Fsp3) is 0.227. The van der Waals surface area contributed by atoms with Crippen molar-refractivity contribution < 1.29 is 158 Å². The first-order chi connectivity index (χ1) is 33.1. The minimum atomic E-state index is -1.08. The molecule has 0 bridgehead atoms. The molecule has 0 spiro atoms. The number of carbonyl (C=O) groups excluding carboxylic acids is 6. The number of carboxylic acids is 6. The average Bonchev–Trinajstić information content (AvgIpc) is 3.32. The van der Waals surface area contributed by atoms with Crippen LogP contribution in [0, 0.1) is 0 Å². The molecule has 0 amide bonds. The standard InChI is InChI=1S/2C14H10N4O.6C2H4O2.4CH4O.4Cu/c2*19-14(12-9-15-7-8-16-12)18-11-5-1-3-10-4-2-6-17-13(10)11;6*1-2(3)4;4*1-2;;;;/h2*1-9H,(H,18,19);6*1H3,(H,3,4);4*2H,1H3;;;;/q;;;;;;;;;;;;4*+2/p-8. The van der Waals surface area contributed by atoms with Crippen LogP contribution in [0.5, 0.6) is 0 Å². The van der Waals surface area contributed by atoms with Crippen LogP contribution < -0.4 is 40.9 Å². The Hall–Kier alpha value is -6.90. The number of nitrogens with zero attached hydrogens (tertiary/aromatic N) is 8. The van der Waals surface area contributed by atoms with E-state index in [-0.39, 0.29) is 79.7 Å². The van der Waals surface area contributed by atoms with E-state index < -0.39 is 47.6 Å². The van der Waals surface area contributed by atoms with E-state index in [1.807, 2.05) is 48.5 Å². The fourth-order valence-corrected chi connectivity index (χ4v) is 3.51. The summed E-state index contributed by atoms with van der Waals surface area (Å²) < 4.78 is 0. The molecule has 4 aromatic heterocycles. The van der Waals surface area contributed by atoms with Crippen LogP contribution in [0.15, 0.2) is 120 Å². The molecule has 4 N–H and O–H groups in total. The van der Waals surface area contributed by atoms with Crippen LogP contribution in [0.3, 0.4) is 0 Å². The number of aliphatic carboxylic acids is 6. The van der Waals surface area contributed by atoms with Gasteiger partial charge in [-0.05, 0) is 65.8 Å². The van der Waals surface area contributed by atoms with Crippen molar-refractivity contribution in [3.8, 4) is 0 Å². The molecule has 6 aromatic rings. The predicted octanol–water partition coefficient (Wildman–Crippen LogP) is -6.11. The van der Waals surface area contributed by atoms with Gasteiger partial charge in [0.15, 0.2) is 0 Å². The van der Waals surface area contributed by atoms with Gasteiger partial charge in [-0.2, -0.15) is 0 Å². The molecule has 2 aromatic carbocycles. The fourth-order valence-electron chi connectivity index (χ4n) is 3.51. The summed E-state index contributed by atoms with van der Waals surface area (Å²) in [5.41, 5.74) is 2.90. The van der Waals surface area contributed by atoms with Crippen LogP contribution in [0.25, 0.3) is 21.8 Å². The number of para-hydroxylation sites is 2. The first kappa shape index (κ1) is 89.9. The molecule has 0 atom stereocenters. The molecule has 26 nitrogen and oxygen atoms in total. The van der Waals surface area contributed by atoms with Crippen molar-refractivity contribution in [2.75, 3.05) is 28.4 Å². The van der Waals surface area contributed by atoms with E-state index in [0.717, 1.165) is 80.8 Å². The molecule has 74 heavy (non-hydrogen) atoms. The number of hydrogen-bond acceptors (Lipinski definition) is 26. The first-order valence-corrected chi connectivity index (χ1v) is 18.6. The number of fused-ring (bicyclic) bond motifs is 2. The number of carbonyl (C=O) groups is 6. The Morgan fingerprint density at radius 3 is 0.811 bits per heavy atom. The second kappa shape index (κ2) is 62.2. The number of aliphatic hydroxyl groups is 4. The molecule has 0 aliphatic rings. The van der Waals surface area contributed by atoms with Crippen molar-refractivity contribution in [1.29, 1.82) is 0 Å². The van der Waals surface area contributed by atoms with E-state index in [1.54, 1.807) is 24.5 Å². The average molecular weight is 1240 g/mol. The van der Waals surface area contributed by atoms with Crippen molar-refractivity contribution in [3.63, 3.8) is 0 Å². The SMILES string of the molecule is CC(=O)[O-].CC(=O)[O-].CC(=O)[O-].CC(=O)[O-].CC(=O)[O-].CC(=O)[O-].CO.CO.CO.CO.[Cu+2].[Cu+2].[Cu+2].[Cu+2].[O-]C(=Nc1cccc2cccnc12)c1cnccn1.[O-]C(=Nc1cccc2cccnc12)c1cnccn1. The van der Waals surface area contributed by atoms with Gasteiger partial charge >= 0.3 is 68.3 Å². The Bertz CT molecular complexity index is 2160. The van der Waals surface area contributed by atoms with E-state index in [4.69, 9.17) is 79.8 Å². The Morgan fingerprint density at radius 2 is 0.595 bits per heavy atom. The summed E-state index contributed by atoms with van der Waals surface area (Å²) >= 11 is 0. The van der Waals surface area contributed by atoms with E-state index in [2.05, 4.69) is 39.9 Å². The van der Waals surface area contributed by atoms with Gasteiger partial charge < -0.3 is 90.0 Å². The molecular formula is C44H52Cu4N8O18. The molecule has 6 rings (SSSR count). The van der Waals surface area contributed by atoms with Gasteiger partial charge in [-0.3, -0.25) is 39.9 Å². The van der Waals surface area contributed by atoms with Crippen LogP contribution >= 0.6 is 0 Å². The number of hydrogen-bond donors (Lipinski definition) is 4. The van der Waals surface area contributed by atoms with Crippen molar-refractivity contribution in [1.82, 2.24) is 29.9 Å². The Kier molecular flexibility index (Phi) is 75.6. The van der Waals surface area contributed by atoms with Gasteiger partial charge in [-0.15, -0.1) is 0 Å². The van der Waals surface area contributed by atoms with Crippen molar-refractivity contribution in [2.45, 2.75) is 41.5 Å². The maximum Gasteiger partial charge on any atom is 2.00 e. The molecular weight excluding hydrogens is 1180 g/mol. The van der Waals surface area contributed by atoms with Crippen LogP contribution in [0.4, 0.5) is 11.4 Å². The van der Waals surface area contributed by atoms with Gasteiger partial charge in [0, 0.05) is 124 Å². The Balaban J connectivity index is -0.0000000861. The number of aromatic nitrogens is 6. The third kappa shape index (κ3) is 59.4. The summed E-state index contributed by atoms with van der Waals surface area (Å²) in [6, 6.07) is 18.6. The van der Waals surface area contributed by atoms with Crippen LogP contribution in [0.1, 0.15) is 52.9 Å². The van der Waals surface area contributed by atoms with Gasteiger partial charge in [0.2, 0.25) is 0 Å². The number of aliphatic hydroxyl groups excluding tert-OH is 4. The maximum absolute atomic E-state index is 12.0. The topological polar surface area (TPSA) is 470 Å². The van der Waals surface area contributed by atoms with E-state index in [0.29, 0.717) is 22.4 Å². The monoisotopic (exact) mass is 1230 g/mol. The largest absolute Gasteiger partial charge is 2.00 e. The van der Waals surface area contributed by atoms with E-state index in [1.165, 1.54) is 37.2 Å². The molecule has 0 unspecified atom stereocenters. The maximum atomic E-state index is 12.0. The van der Waals surface area contributed by atoms with Crippen molar-refractivity contribution in [2.24, 2.45) is 9.98 Å². The summed E-state index contributed by atoms with van der Waals surface area (Å²) in [7, 11) is 4.00. The minimum absolute atomic E-state index is 0. The van der Waals surface area contributed by atoms with Gasteiger partial charge in [0.05, 0.1) is 46.2 Å². The van der Waals surface area contributed by atoms with Gasteiger partial charge in [-0.1, -0.05) is 36.4 Å². The molecule has 4 heterocycles. The first-order valence-electron chi connectivity index (χ1n) is 18.6. The molecule has 0 aliphatic carbocycles. The molecule has 420 valence electrons. The zero-order valence-electron chi connectivity index (χ0n) is 40.7. The van der Waals surface area contributed by atoms with Crippen LogP contribution in [-0.2, 0) is 97.0 Å². The summed E-state index contributed by atoms with van der Waals surface area (Å²) in [5, 5.41) is 107. The number of carboxylic acid groups (broad SMARTS) is 6. The number of benzene rings is 2. The number of pyridine rings is 2. The van der Waals surface area contributed by atoms with E-state index >= 15 is 0 Å². The molecule has 4 radical (unpaired) electrons. The number of aliphatic imine (C=N–C) groups is 2. The summed E-state index contributed by atoms with van der Waals surface area (Å²) in [5.74, 6) is -7.35. The minimum Gasteiger partial charge on any atom is -0.857 e. The smallest absolute Gasteiger partial charge is 0.857 e. The second-order valence-electron chi connectivity index (χ2n) is 10.7. The van der Waals surface area contributed by atoms with Gasteiger partial charge in [0.25, 0.3) is 0 Å². The van der Waals surface area contributed by atoms with Gasteiger partial charge in [-0.25, -0.2) is 0 Å². The van der Waals surface area contributed by atoms with Gasteiger partial charge in [0.1, 0.15) is 0 Å². The molecule has 0 aliphatic heterocycles.